The van der Waals surface area contributed by atoms with Crippen LogP contribution in [0.4, 0.5) is 0 Å². The molecule has 0 atom stereocenters. The summed E-state index contributed by atoms with van der Waals surface area (Å²) in [5.41, 5.74) is 2.44. The lowest BCUT2D eigenvalue weighted by atomic mass is 10.0. The van der Waals surface area contributed by atoms with Gasteiger partial charge >= 0.3 is 0 Å². The summed E-state index contributed by atoms with van der Waals surface area (Å²) >= 11 is 29.0. The third-order valence-electron chi connectivity index (χ3n) is 3.03. The molecule has 0 nitrogen and oxygen atoms in total. The van der Waals surface area contributed by atoms with Gasteiger partial charge in [-0.15, -0.1) is 0 Å². The summed E-state index contributed by atoms with van der Waals surface area (Å²) in [6.07, 6.45) is 1.78. The molecule has 0 aliphatic rings. The lowest BCUT2D eigenvalue weighted by Gasteiger charge is -2.14. The molecule has 2 aromatic rings. The summed E-state index contributed by atoms with van der Waals surface area (Å²) in [7, 11) is 0. The molecule has 0 radical (unpaired) electrons. The molecule has 0 amide bonds. The van der Waals surface area contributed by atoms with Crippen molar-refractivity contribution < 1.29 is 0 Å². The Labute approximate surface area is 196 Å². The zero-order chi connectivity index (χ0) is 16.6. The standard InChI is InChI=1S/C14H6Br8/c15-7-3-8(16)12(20)5(11(7)19)1-2-6-13(21)9(17)4-10(18)14(6)22/h3-4H,1-2H2. The zero-order valence-electron chi connectivity index (χ0n) is 10.6. The minimum atomic E-state index is 0.888. The van der Waals surface area contributed by atoms with Crippen LogP contribution in [0.25, 0.3) is 0 Å². The first-order valence-corrected chi connectivity index (χ1v) is 12.2. The molecule has 0 aliphatic heterocycles. The van der Waals surface area contributed by atoms with Crippen LogP contribution in [-0.2, 0) is 12.8 Å². The molecular weight excluding hydrogens is 807 g/mol. The minimum Gasteiger partial charge on any atom is -0.0496 e. The maximum absolute atomic E-state index is 3.67. The minimum absolute atomic E-state index is 0.888. The topological polar surface area (TPSA) is 0 Å². The Morgan fingerprint density at radius 3 is 0.909 bits per heavy atom. The van der Waals surface area contributed by atoms with Gasteiger partial charge in [0, 0.05) is 35.8 Å². The summed E-state index contributed by atoms with van der Waals surface area (Å²) in [6.45, 7) is 0. The number of halogens is 8. The van der Waals surface area contributed by atoms with Crippen LogP contribution in [0.1, 0.15) is 11.1 Å². The molecule has 2 aromatic carbocycles. The molecule has 0 aromatic heterocycles. The Balaban J connectivity index is 2.40. The summed E-state index contributed by atoms with van der Waals surface area (Å²) in [6, 6.07) is 4.05. The number of rotatable bonds is 3. The molecule has 0 fully saturated rings. The second-order valence-electron chi connectivity index (χ2n) is 4.39. The molecule has 8 heteroatoms. The first-order valence-electron chi connectivity index (χ1n) is 5.87. The van der Waals surface area contributed by atoms with E-state index in [1.807, 2.05) is 12.1 Å². The van der Waals surface area contributed by atoms with E-state index in [1.54, 1.807) is 0 Å². The second-order valence-corrected chi connectivity index (χ2v) is 11.0. The van der Waals surface area contributed by atoms with Crippen molar-refractivity contribution in [1.29, 1.82) is 0 Å². The van der Waals surface area contributed by atoms with E-state index in [1.165, 1.54) is 11.1 Å². The van der Waals surface area contributed by atoms with Crippen LogP contribution in [-0.4, -0.2) is 0 Å². The highest BCUT2D eigenvalue weighted by molar-refractivity contribution is 9.14. The fourth-order valence-corrected chi connectivity index (χ4v) is 7.00. The average Bonchev–Trinajstić information content (AvgIpc) is 2.46. The van der Waals surface area contributed by atoms with E-state index in [2.05, 4.69) is 127 Å². The van der Waals surface area contributed by atoms with Gasteiger partial charge in [-0.05, 0) is 164 Å². The SMILES string of the molecule is Brc1cc(Br)c(Br)c(CCc2c(Br)c(Br)cc(Br)c2Br)c1Br. The summed E-state index contributed by atoms with van der Waals surface area (Å²) in [5.74, 6) is 0. The molecule has 0 saturated heterocycles. The molecule has 0 bridgehead atoms. The Hall–Kier alpha value is 2.28. The fraction of sp³-hybridized carbons (Fsp3) is 0.143. The normalized spacial score (nSPS) is 11.1. The quantitative estimate of drug-likeness (QED) is 0.271. The maximum atomic E-state index is 3.67. The smallest absolute Gasteiger partial charge is 0.0361 e. The van der Waals surface area contributed by atoms with E-state index in [9.17, 15) is 0 Å². The fourth-order valence-electron chi connectivity index (χ4n) is 1.93. The van der Waals surface area contributed by atoms with E-state index in [0.717, 1.165) is 48.6 Å². The van der Waals surface area contributed by atoms with Crippen LogP contribution in [0.3, 0.4) is 0 Å². The first kappa shape index (κ1) is 20.6. The Kier molecular flexibility index (Phi) is 8.22. The molecule has 0 saturated carbocycles. The van der Waals surface area contributed by atoms with Crippen LogP contribution in [0.2, 0.25) is 0 Å². The van der Waals surface area contributed by atoms with Crippen molar-refractivity contribution in [3.05, 3.63) is 59.0 Å². The van der Waals surface area contributed by atoms with Gasteiger partial charge in [0.2, 0.25) is 0 Å². The van der Waals surface area contributed by atoms with Gasteiger partial charge in [0.25, 0.3) is 0 Å². The van der Waals surface area contributed by atoms with E-state index < -0.39 is 0 Å². The number of benzene rings is 2. The molecule has 118 valence electrons. The Morgan fingerprint density at radius 2 is 0.682 bits per heavy atom. The van der Waals surface area contributed by atoms with Gasteiger partial charge in [0.05, 0.1) is 0 Å². The van der Waals surface area contributed by atoms with Gasteiger partial charge in [-0.1, -0.05) is 0 Å². The summed E-state index contributed by atoms with van der Waals surface area (Å²) in [5, 5.41) is 0. The van der Waals surface area contributed by atoms with Gasteiger partial charge in [0.15, 0.2) is 0 Å². The lowest BCUT2D eigenvalue weighted by molar-refractivity contribution is 0.932. The van der Waals surface area contributed by atoms with Crippen LogP contribution in [0.5, 0.6) is 0 Å². The highest BCUT2D eigenvalue weighted by atomic mass is 79.9. The molecule has 0 aliphatic carbocycles. The van der Waals surface area contributed by atoms with Gasteiger partial charge in [-0.25, -0.2) is 0 Å². The first-order chi connectivity index (χ1) is 10.2. The average molecular weight is 813 g/mol. The summed E-state index contributed by atoms with van der Waals surface area (Å²) in [4.78, 5) is 0. The molecule has 0 heterocycles. The van der Waals surface area contributed by atoms with Crippen LogP contribution in [0, 0.1) is 0 Å². The third kappa shape index (κ3) is 4.51. The van der Waals surface area contributed by atoms with Crippen molar-refractivity contribution in [2.45, 2.75) is 12.8 Å². The van der Waals surface area contributed by atoms with Crippen molar-refractivity contribution in [3.63, 3.8) is 0 Å². The molecule has 0 spiro atoms. The molecule has 0 N–H and O–H groups in total. The van der Waals surface area contributed by atoms with Crippen molar-refractivity contribution in [2.24, 2.45) is 0 Å². The van der Waals surface area contributed by atoms with Crippen LogP contribution in [0.15, 0.2) is 47.9 Å². The van der Waals surface area contributed by atoms with Crippen molar-refractivity contribution in [1.82, 2.24) is 0 Å². The molecule has 22 heavy (non-hydrogen) atoms. The van der Waals surface area contributed by atoms with Crippen molar-refractivity contribution >= 4 is 127 Å². The predicted molar refractivity (Wildman–Crippen MR) is 122 cm³/mol. The van der Waals surface area contributed by atoms with E-state index in [4.69, 9.17) is 0 Å². The van der Waals surface area contributed by atoms with Crippen molar-refractivity contribution in [2.75, 3.05) is 0 Å². The molecule has 0 unspecified atom stereocenters. The van der Waals surface area contributed by atoms with E-state index >= 15 is 0 Å². The zero-order valence-corrected chi connectivity index (χ0v) is 23.3. The van der Waals surface area contributed by atoms with Crippen LogP contribution >= 0.6 is 127 Å². The van der Waals surface area contributed by atoms with Gasteiger partial charge in [0.1, 0.15) is 0 Å². The monoisotopic (exact) mass is 805 g/mol. The third-order valence-corrected chi connectivity index (χ3v) is 11.3. The Morgan fingerprint density at radius 1 is 0.455 bits per heavy atom. The van der Waals surface area contributed by atoms with Crippen molar-refractivity contribution in [3.8, 4) is 0 Å². The Bertz CT molecular complexity index is 623. The number of hydrogen-bond acceptors (Lipinski definition) is 0. The highest BCUT2D eigenvalue weighted by Gasteiger charge is 2.16. The summed E-state index contributed by atoms with van der Waals surface area (Å²) < 4.78 is 8.43. The molecule has 2 rings (SSSR count). The number of hydrogen-bond donors (Lipinski definition) is 0. The van der Waals surface area contributed by atoms with Gasteiger partial charge in [-0.2, -0.15) is 0 Å². The molecular formula is C14H6Br8. The highest BCUT2D eigenvalue weighted by Crippen LogP contribution is 2.41. The second kappa shape index (κ2) is 8.78. The van der Waals surface area contributed by atoms with Gasteiger partial charge in [-0.3, -0.25) is 0 Å². The predicted octanol–water partition coefficient (Wildman–Crippen LogP) is 9.57. The van der Waals surface area contributed by atoms with E-state index in [-0.39, 0.29) is 0 Å². The largest absolute Gasteiger partial charge is 0.0496 e. The van der Waals surface area contributed by atoms with Gasteiger partial charge < -0.3 is 0 Å². The maximum Gasteiger partial charge on any atom is 0.0361 e. The van der Waals surface area contributed by atoms with Crippen LogP contribution < -0.4 is 0 Å². The lowest BCUT2D eigenvalue weighted by Crippen LogP contribution is -1.98. The van der Waals surface area contributed by atoms with E-state index in [0.29, 0.717) is 0 Å².